The van der Waals surface area contributed by atoms with Crippen molar-refractivity contribution in [1.29, 1.82) is 0 Å². The van der Waals surface area contributed by atoms with Crippen LogP contribution < -0.4 is 5.32 Å². The smallest absolute Gasteiger partial charge is 0.309 e. The summed E-state index contributed by atoms with van der Waals surface area (Å²) in [5.41, 5.74) is 0.605. The number of thiophene rings is 1. The predicted octanol–water partition coefficient (Wildman–Crippen LogP) is 3.64. The molecule has 0 bridgehead atoms. The van der Waals surface area contributed by atoms with E-state index < -0.39 is 5.97 Å². The van der Waals surface area contributed by atoms with Gasteiger partial charge in [-0.15, -0.1) is 22.7 Å². The van der Waals surface area contributed by atoms with Crippen LogP contribution in [0.2, 0.25) is 0 Å². The molecule has 2 rings (SSSR count). The number of thiazole rings is 1. The molecule has 19 heavy (non-hydrogen) atoms. The SMILES string of the molecule is CC(C)C(Nc1nc(CC(=O)O)cs1)c1cccs1. The summed E-state index contributed by atoms with van der Waals surface area (Å²) < 4.78 is 0. The Morgan fingerprint density at radius 1 is 1.47 bits per heavy atom. The number of carbonyl (C=O) groups is 1. The maximum Gasteiger partial charge on any atom is 0.309 e. The molecule has 0 aliphatic rings. The van der Waals surface area contributed by atoms with E-state index in [0.29, 0.717) is 11.6 Å². The molecule has 0 saturated carbocycles. The lowest BCUT2D eigenvalue weighted by atomic mass is 10.0. The van der Waals surface area contributed by atoms with Crippen LogP contribution in [0, 0.1) is 5.92 Å². The van der Waals surface area contributed by atoms with Crippen molar-refractivity contribution in [3.05, 3.63) is 33.5 Å². The van der Waals surface area contributed by atoms with Crippen molar-refractivity contribution in [3.8, 4) is 0 Å². The maximum atomic E-state index is 10.6. The highest BCUT2D eigenvalue weighted by molar-refractivity contribution is 7.13. The lowest BCUT2D eigenvalue weighted by Gasteiger charge is -2.20. The number of hydrogen-bond donors (Lipinski definition) is 2. The summed E-state index contributed by atoms with van der Waals surface area (Å²) in [5.74, 6) is -0.416. The van der Waals surface area contributed by atoms with Gasteiger partial charge in [0.2, 0.25) is 0 Å². The number of rotatable bonds is 6. The molecule has 4 nitrogen and oxygen atoms in total. The van der Waals surface area contributed by atoms with Crippen LogP contribution in [0.5, 0.6) is 0 Å². The first-order valence-corrected chi connectivity index (χ1v) is 7.78. The zero-order valence-electron chi connectivity index (χ0n) is 10.8. The van der Waals surface area contributed by atoms with Crippen LogP contribution in [0.25, 0.3) is 0 Å². The molecule has 0 spiro atoms. The molecule has 102 valence electrons. The predicted molar refractivity (Wildman–Crippen MR) is 79.0 cm³/mol. The minimum absolute atomic E-state index is 0.0243. The number of carboxylic acid groups (broad SMARTS) is 1. The standard InChI is InChI=1S/C13H16N2O2S2/c1-8(2)12(10-4-3-5-18-10)15-13-14-9(7-19-13)6-11(16)17/h3-5,7-8,12H,6H2,1-2H3,(H,14,15)(H,16,17). The second kappa shape index (κ2) is 6.16. The summed E-state index contributed by atoms with van der Waals surface area (Å²) >= 11 is 3.17. The van der Waals surface area contributed by atoms with Crippen LogP contribution in [0.3, 0.4) is 0 Å². The normalized spacial score (nSPS) is 12.6. The van der Waals surface area contributed by atoms with Gasteiger partial charge in [0.25, 0.3) is 0 Å². The molecule has 2 aromatic heterocycles. The second-order valence-corrected chi connectivity index (χ2v) is 6.43. The number of aromatic nitrogens is 1. The molecule has 1 unspecified atom stereocenters. The molecule has 0 amide bonds. The van der Waals surface area contributed by atoms with E-state index in [2.05, 4.69) is 35.6 Å². The van der Waals surface area contributed by atoms with Gasteiger partial charge in [-0.1, -0.05) is 19.9 Å². The van der Waals surface area contributed by atoms with Gasteiger partial charge in [-0.25, -0.2) is 4.98 Å². The Hall–Kier alpha value is -1.40. The fraction of sp³-hybridized carbons (Fsp3) is 0.385. The summed E-state index contributed by atoms with van der Waals surface area (Å²) in [7, 11) is 0. The molecule has 6 heteroatoms. The van der Waals surface area contributed by atoms with Gasteiger partial charge in [-0.3, -0.25) is 4.79 Å². The minimum Gasteiger partial charge on any atom is -0.481 e. The highest BCUT2D eigenvalue weighted by atomic mass is 32.1. The van der Waals surface area contributed by atoms with Gasteiger partial charge in [0.05, 0.1) is 18.2 Å². The third-order valence-electron chi connectivity index (χ3n) is 2.68. The topological polar surface area (TPSA) is 62.2 Å². The Kier molecular flexibility index (Phi) is 4.55. The van der Waals surface area contributed by atoms with E-state index >= 15 is 0 Å². The highest BCUT2D eigenvalue weighted by Crippen LogP contribution is 2.30. The number of nitrogens with one attached hydrogen (secondary N) is 1. The van der Waals surface area contributed by atoms with E-state index in [1.54, 1.807) is 16.7 Å². The second-order valence-electron chi connectivity index (χ2n) is 4.60. The highest BCUT2D eigenvalue weighted by Gasteiger charge is 2.18. The fourth-order valence-corrected chi connectivity index (χ4v) is 3.47. The maximum absolute atomic E-state index is 10.6. The van der Waals surface area contributed by atoms with Crippen LogP contribution in [0.1, 0.15) is 30.5 Å². The first kappa shape index (κ1) is 14.0. The van der Waals surface area contributed by atoms with E-state index in [1.165, 1.54) is 16.2 Å². The van der Waals surface area contributed by atoms with Gasteiger partial charge in [0, 0.05) is 10.3 Å². The first-order valence-electron chi connectivity index (χ1n) is 6.02. The van der Waals surface area contributed by atoms with Crippen molar-refractivity contribution in [2.75, 3.05) is 5.32 Å². The molecule has 2 heterocycles. The summed E-state index contributed by atoms with van der Waals surface area (Å²) in [6.45, 7) is 4.31. The van der Waals surface area contributed by atoms with Crippen LogP contribution in [-0.2, 0) is 11.2 Å². The lowest BCUT2D eigenvalue weighted by molar-refractivity contribution is -0.136. The average molecular weight is 296 g/mol. The van der Waals surface area contributed by atoms with Crippen molar-refractivity contribution in [2.45, 2.75) is 26.3 Å². The Labute approximate surface area is 120 Å². The molecular formula is C13H16N2O2S2. The van der Waals surface area contributed by atoms with E-state index in [4.69, 9.17) is 5.11 Å². The summed E-state index contributed by atoms with van der Waals surface area (Å²) in [6.07, 6.45) is -0.0243. The molecule has 0 saturated heterocycles. The van der Waals surface area contributed by atoms with Crippen LogP contribution in [-0.4, -0.2) is 16.1 Å². The molecule has 0 fully saturated rings. The molecule has 2 N–H and O–H groups in total. The van der Waals surface area contributed by atoms with Crippen molar-refractivity contribution < 1.29 is 9.90 Å². The van der Waals surface area contributed by atoms with Gasteiger partial charge in [-0.05, 0) is 17.4 Å². The zero-order valence-corrected chi connectivity index (χ0v) is 12.4. The third-order valence-corrected chi connectivity index (χ3v) is 4.46. The van der Waals surface area contributed by atoms with Crippen molar-refractivity contribution in [1.82, 2.24) is 4.98 Å². The fourth-order valence-electron chi connectivity index (χ4n) is 1.78. The molecule has 0 aliphatic heterocycles. The average Bonchev–Trinajstić information content (AvgIpc) is 2.95. The number of aliphatic carboxylic acids is 1. The molecule has 0 aliphatic carbocycles. The zero-order chi connectivity index (χ0) is 13.8. The Morgan fingerprint density at radius 3 is 2.84 bits per heavy atom. The van der Waals surface area contributed by atoms with Gasteiger partial charge < -0.3 is 10.4 Å². The largest absolute Gasteiger partial charge is 0.481 e. The van der Waals surface area contributed by atoms with Gasteiger partial charge in [0.1, 0.15) is 0 Å². The number of hydrogen-bond acceptors (Lipinski definition) is 5. The number of carboxylic acids is 1. The Balaban J connectivity index is 2.09. The van der Waals surface area contributed by atoms with E-state index in [0.717, 1.165) is 5.13 Å². The van der Waals surface area contributed by atoms with Crippen molar-refractivity contribution in [2.24, 2.45) is 5.92 Å². The summed E-state index contributed by atoms with van der Waals surface area (Å²) in [4.78, 5) is 16.2. The van der Waals surface area contributed by atoms with E-state index in [1.807, 2.05) is 6.07 Å². The third kappa shape index (κ3) is 3.78. The van der Waals surface area contributed by atoms with Gasteiger partial charge in [-0.2, -0.15) is 0 Å². The van der Waals surface area contributed by atoms with Crippen LogP contribution in [0.15, 0.2) is 22.9 Å². The van der Waals surface area contributed by atoms with Crippen molar-refractivity contribution in [3.63, 3.8) is 0 Å². The lowest BCUT2D eigenvalue weighted by Crippen LogP contribution is -2.15. The molecule has 2 aromatic rings. The first-order chi connectivity index (χ1) is 9.06. The quantitative estimate of drug-likeness (QED) is 0.854. The van der Waals surface area contributed by atoms with Crippen LogP contribution >= 0.6 is 22.7 Å². The van der Waals surface area contributed by atoms with Crippen molar-refractivity contribution >= 4 is 33.8 Å². The Morgan fingerprint density at radius 2 is 2.26 bits per heavy atom. The molecular weight excluding hydrogens is 280 g/mol. The number of nitrogens with zero attached hydrogens (tertiary/aromatic N) is 1. The molecule has 1 atom stereocenters. The number of anilines is 1. The van der Waals surface area contributed by atoms with Gasteiger partial charge in [0.15, 0.2) is 5.13 Å². The monoisotopic (exact) mass is 296 g/mol. The Bertz CT molecular complexity index is 535. The molecule has 0 radical (unpaired) electrons. The summed E-state index contributed by atoms with van der Waals surface area (Å²) in [5, 5.41) is 16.8. The molecule has 0 aromatic carbocycles. The van der Waals surface area contributed by atoms with Gasteiger partial charge >= 0.3 is 5.97 Å². The van der Waals surface area contributed by atoms with E-state index in [9.17, 15) is 4.79 Å². The summed E-state index contributed by atoms with van der Waals surface area (Å²) in [6, 6.07) is 4.35. The minimum atomic E-state index is -0.851. The van der Waals surface area contributed by atoms with E-state index in [-0.39, 0.29) is 12.5 Å². The van der Waals surface area contributed by atoms with Crippen LogP contribution in [0.4, 0.5) is 5.13 Å².